The number of benzene rings is 1. The summed E-state index contributed by atoms with van der Waals surface area (Å²) in [5.41, 5.74) is 1.86. The average Bonchev–Trinajstić information content (AvgIpc) is 3.08. The summed E-state index contributed by atoms with van der Waals surface area (Å²) in [6.07, 6.45) is 0.527. The van der Waals surface area contributed by atoms with Gasteiger partial charge >= 0.3 is 0 Å². The average molecular weight is 458 g/mol. The van der Waals surface area contributed by atoms with Crippen molar-refractivity contribution in [1.82, 2.24) is 9.78 Å². The molecule has 1 fully saturated rings. The molecule has 0 spiro atoms. The number of amides is 1. The molecule has 1 aromatic heterocycles. The second-order valence-corrected chi connectivity index (χ2v) is 10.6. The van der Waals surface area contributed by atoms with Gasteiger partial charge in [-0.15, -0.1) is 11.8 Å². The molecule has 1 aliphatic heterocycles. The highest BCUT2D eigenvalue weighted by atomic mass is 79.9. The van der Waals surface area contributed by atoms with Crippen LogP contribution in [-0.2, 0) is 14.6 Å². The van der Waals surface area contributed by atoms with Crippen LogP contribution in [-0.4, -0.2) is 41.4 Å². The van der Waals surface area contributed by atoms with E-state index in [1.165, 1.54) is 11.8 Å². The van der Waals surface area contributed by atoms with E-state index < -0.39 is 9.84 Å². The zero-order valence-corrected chi connectivity index (χ0v) is 17.7. The van der Waals surface area contributed by atoms with Gasteiger partial charge in [0.2, 0.25) is 5.91 Å². The molecule has 3 rings (SSSR count). The molecule has 26 heavy (non-hydrogen) atoms. The van der Waals surface area contributed by atoms with Gasteiger partial charge in [-0.2, -0.15) is 5.10 Å². The van der Waals surface area contributed by atoms with Crippen LogP contribution in [0, 0.1) is 13.8 Å². The molecular weight excluding hydrogens is 438 g/mol. The van der Waals surface area contributed by atoms with E-state index in [1.54, 1.807) is 10.7 Å². The number of thioether (sulfide) groups is 1. The number of nitrogens with zero attached hydrogens (tertiary/aromatic N) is 2. The molecule has 0 bridgehead atoms. The minimum atomic E-state index is -3.02. The summed E-state index contributed by atoms with van der Waals surface area (Å²) in [6, 6.07) is 7.50. The van der Waals surface area contributed by atoms with Crippen LogP contribution in [0.1, 0.15) is 23.7 Å². The van der Waals surface area contributed by atoms with Gasteiger partial charge in [-0.05, 0) is 44.0 Å². The molecule has 1 saturated heterocycles. The number of carbonyl (C=O) groups excluding carboxylic acids is 1. The summed E-state index contributed by atoms with van der Waals surface area (Å²) in [7, 11) is -3.02. The highest BCUT2D eigenvalue weighted by Crippen LogP contribution is 2.28. The molecule has 1 aromatic carbocycles. The molecule has 0 aliphatic carbocycles. The molecule has 1 atom stereocenters. The number of hydrogen-bond donors (Lipinski definition) is 1. The molecule has 1 N–H and O–H groups in total. The lowest BCUT2D eigenvalue weighted by Gasteiger charge is -2.14. The Kier molecular flexibility index (Phi) is 5.78. The number of carbonyl (C=O) groups is 1. The minimum Gasteiger partial charge on any atom is -0.310 e. The van der Waals surface area contributed by atoms with Crippen molar-refractivity contribution in [3.05, 3.63) is 40.0 Å². The molecule has 0 unspecified atom stereocenters. The predicted octanol–water partition coefficient (Wildman–Crippen LogP) is 3.35. The van der Waals surface area contributed by atoms with Crippen molar-refractivity contribution in [3.8, 4) is 0 Å². The first-order valence-corrected chi connectivity index (χ1v) is 11.8. The lowest BCUT2D eigenvalue weighted by molar-refractivity contribution is -0.113. The van der Waals surface area contributed by atoms with E-state index in [2.05, 4.69) is 26.3 Å². The van der Waals surface area contributed by atoms with Crippen LogP contribution in [0.2, 0.25) is 0 Å². The zero-order valence-electron chi connectivity index (χ0n) is 14.5. The van der Waals surface area contributed by atoms with Crippen LogP contribution in [0.4, 0.5) is 5.82 Å². The van der Waals surface area contributed by atoms with Crippen molar-refractivity contribution in [2.45, 2.75) is 31.2 Å². The lowest BCUT2D eigenvalue weighted by Crippen LogP contribution is -2.20. The summed E-state index contributed by atoms with van der Waals surface area (Å²) in [5, 5.41) is 7.25. The molecule has 9 heteroatoms. The normalized spacial score (nSPS) is 18.8. The van der Waals surface area contributed by atoms with Crippen molar-refractivity contribution in [2.75, 3.05) is 22.6 Å². The van der Waals surface area contributed by atoms with Crippen molar-refractivity contribution in [3.63, 3.8) is 0 Å². The second-order valence-electron chi connectivity index (χ2n) is 6.42. The van der Waals surface area contributed by atoms with Gasteiger partial charge in [0.25, 0.3) is 0 Å². The van der Waals surface area contributed by atoms with Crippen LogP contribution in [0.25, 0.3) is 0 Å². The molecule has 1 amide bonds. The number of rotatable bonds is 5. The van der Waals surface area contributed by atoms with Gasteiger partial charge in [0.05, 0.1) is 29.0 Å². The number of halogens is 1. The van der Waals surface area contributed by atoms with Crippen LogP contribution in [0.3, 0.4) is 0 Å². The Labute approximate surface area is 165 Å². The lowest BCUT2D eigenvalue weighted by atomic mass is 10.2. The topological polar surface area (TPSA) is 81.1 Å². The maximum absolute atomic E-state index is 12.4. The first kappa shape index (κ1) is 19.4. The van der Waals surface area contributed by atoms with Crippen molar-refractivity contribution >= 4 is 49.3 Å². The monoisotopic (exact) mass is 457 g/mol. The van der Waals surface area contributed by atoms with Crippen LogP contribution < -0.4 is 5.32 Å². The van der Waals surface area contributed by atoms with Gasteiger partial charge in [0, 0.05) is 15.4 Å². The minimum absolute atomic E-state index is 0.0732. The molecule has 1 aliphatic rings. The third kappa shape index (κ3) is 4.69. The first-order chi connectivity index (χ1) is 12.2. The Morgan fingerprint density at radius 2 is 2.15 bits per heavy atom. The summed E-state index contributed by atoms with van der Waals surface area (Å²) < 4.78 is 26.1. The summed E-state index contributed by atoms with van der Waals surface area (Å²) in [6.45, 7) is 3.83. The number of sulfone groups is 1. The predicted molar refractivity (Wildman–Crippen MR) is 108 cm³/mol. The van der Waals surface area contributed by atoms with Gasteiger partial charge < -0.3 is 5.32 Å². The van der Waals surface area contributed by atoms with E-state index in [0.717, 1.165) is 20.6 Å². The van der Waals surface area contributed by atoms with E-state index >= 15 is 0 Å². The number of aromatic nitrogens is 2. The summed E-state index contributed by atoms with van der Waals surface area (Å²) >= 11 is 4.90. The van der Waals surface area contributed by atoms with E-state index in [1.807, 2.05) is 32.0 Å². The summed E-state index contributed by atoms with van der Waals surface area (Å²) in [5.74, 6) is 0.935. The molecule has 6 nitrogen and oxygen atoms in total. The summed E-state index contributed by atoms with van der Waals surface area (Å²) in [4.78, 5) is 13.4. The van der Waals surface area contributed by atoms with E-state index in [-0.39, 0.29) is 29.2 Å². The fourth-order valence-corrected chi connectivity index (χ4v) is 5.93. The maximum atomic E-state index is 12.4. The third-order valence-electron chi connectivity index (χ3n) is 4.18. The molecular formula is C17H20BrN3O3S2. The molecule has 0 radical (unpaired) electrons. The van der Waals surface area contributed by atoms with Crippen LogP contribution >= 0.6 is 27.7 Å². The number of anilines is 1. The van der Waals surface area contributed by atoms with Crippen LogP contribution in [0.5, 0.6) is 0 Å². The van der Waals surface area contributed by atoms with Crippen LogP contribution in [0.15, 0.2) is 33.6 Å². The Morgan fingerprint density at radius 1 is 1.38 bits per heavy atom. The standard InChI is InChI=1S/C17H20BrN3O3S2/c1-11-7-13(18)3-4-15(11)25-9-17(22)19-16-8-12(2)20-21(16)14-5-6-26(23,24)10-14/h3-4,7-8,14H,5-6,9-10H2,1-2H3,(H,19,22)/t14-/m1/s1. The Hall–Kier alpha value is -1.32. The highest BCUT2D eigenvalue weighted by molar-refractivity contribution is 9.10. The molecule has 2 heterocycles. The van der Waals surface area contributed by atoms with Gasteiger partial charge in [-0.25, -0.2) is 13.1 Å². The zero-order chi connectivity index (χ0) is 18.9. The Bertz CT molecular complexity index is 941. The first-order valence-electron chi connectivity index (χ1n) is 8.19. The van der Waals surface area contributed by atoms with E-state index in [9.17, 15) is 13.2 Å². The number of nitrogens with one attached hydrogen (secondary N) is 1. The Balaban J connectivity index is 1.66. The van der Waals surface area contributed by atoms with Gasteiger partial charge in [0.15, 0.2) is 9.84 Å². The fraction of sp³-hybridized carbons (Fsp3) is 0.412. The van der Waals surface area contributed by atoms with E-state index in [4.69, 9.17) is 0 Å². The fourth-order valence-electron chi connectivity index (χ4n) is 2.95. The van der Waals surface area contributed by atoms with Crippen molar-refractivity contribution in [1.29, 1.82) is 0 Å². The highest BCUT2D eigenvalue weighted by Gasteiger charge is 2.31. The van der Waals surface area contributed by atoms with Gasteiger partial charge in [0.1, 0.15) is 5.82 Å². The third-order valence-corrected chi connectivity index (χ3v) is 7.59. The molecule has 0 saturated carbocycles. The second kappa shape index (κ2) is 7.74. The van der Waals surface area contributed by atoms with Gasteiger partial charge in [-0.3, -0.25) is 4.79 Å². The maximum Gasteiger partial charge on any atom is 0.235 e. The quantitative estimate of drug-likeness (QED) is 0.696. The Morgan fingerprint density at radius 3 is 2.81 bits per heavy atom. The largest absolute Gasteiger partial charge is 0.310 e. The SMILES string of the molecule is Cc1cc(NC(=O)CSc2ccc(Br)cc2C)n([C@@H]2CCS(=O)(=O)C2)n1. The number of aryl methyl sites for hydroxylation is 2. The van der Waals surface area contributed by atoms with Crippen molar-refractivity contribution < 1.29 is 13.2 Å². The number of hydrogen-bond acceptors (Lipinski definition) is 5. The van der Waals surface area contributed by atoms with Crippen molar-refractivity contribution in [2.24, 2.45) is 0 Å². The van der Waals surface area contributed by atoms with Gasteiger partial charge in [-0.1, -0.05) is 15.9 Å². The molecule has 140 valence electrons. The van der Waals surface area contributed by atoms with E-state index in [0.29, 0.717) is 12.2 Å². The smallest absolute Gasteiger partial charge is 0.235 e. The molecule has 2 aromatic rings.